The molecule has 4 aromatic rings. The van der Waals surface area contributed by atoms with E-state index in [-0.39, 0.29) is 11.9 Å². The lowest BCUT2D eigenvalue weighted by Crippen LogP contribution is -2.26. The maximum absolute atomic E-state index is 13.4. The lowest BCUT2D eigenvalue weighted by molar-refractivity contribution is 0.628. The summed E-state index contributed by atoms with van der Waals surface area (Å²) in [6, 6.07) is 10.4. The van der Waals surface area contributed by atoms with Crippen LogP contribution in [0.3, 0.4) is 0 Å². The normalized spacial score (nSPS) is 16.9. The second kappa shape index (κ2) is 6.42. The molecule has 0 N–H and O–H groups in total. The van der Waals surface area contributed by atoms with Gasteiger partial charge in [0.1, 0.15) is 5.82 Å². The van der Waals surface area contributed by atoms with Crippen molar-refractivity contribution in [1.29, 1.82) is 0 Å². The van der Waals surface area contributed by atoms with Crippen LogP contribution in [0, 0.1) is 5.82 Å². The number of imidazole rings is 1. The van der Waals surface area contributed by atoms with E-state index in [0.29, 0.717) is 5.78 Å². The van der Waals surface area contributed by atoms with E-state index < -0.39 is 0 Å². The van der Waals surface area contributed by atoms with Crippen LogP contribution in [-0.2, 0) is 0 Å². The van der Waals surface area contributed by atoms with E-state index in [4.69, 9.17) is 0 Å². The molecule has 0 aliphatic carbocycles. The van der Waals surface area contributed by atoms with Gasteiger partial charge < -0.3 is 4.90 Å². The summed E-state index contributed by atoms with van der Waals surface area (Å²) in [7, 11) is 0. The minimum absolute atomic E-state index is 0.131. The number of fused-ring (bicyclic) bond motifs is 1. The molecule has 1 saturated heterocycles. The minimum Gasteiger partial charge on any atom is -0.332 e. The quantitative estimate of drug-likeness (QED) is 0.558. The van der Waals surface area contributed by atoms with Crippen LogP contribution in [0.1, 0.15) is 24.6 Å². The molecule has 27 heavy (non-hydrogen) atoms. The predicted octanol–water partition coefficient (Wildman–Crippen LogP) is 3.67. The molecule has 1 aliphatic rings. The molecule has 5 rings (SSSR count). The maximum atomic E-state index is 13.4. The molecule has 1 aliphatic heterocycles. The number of benzene rings is 1. The number of hydrogen-bond acceptors (Lipinski definition) is 5. The highest BCUT2D eigenvalue weighted by Crippen LogP contribution is 2.35. The monoisotopic (exact) mass is 360 g/mol. The van der Waals surface area contributed by atoms with E-state index in [0.717, 1.165) is 42.3 Å². The number of aromatic nitrogens is 5. The van der Waals surface area contributed by atoms with Gasteiger partial charge in [-0.25, -0.2) is 24.3 Å². The van der Waals surface area contributed by atoms with Crippen molar-refractivity contribution in [2.24, 2.45) is 0 Å². The highest BCUT2D eigenvalue weighted by Gasteiger charge is 2.30. The summed E-state index contributed by atoms with van der Waals surface area (Å²) in [6.07, 6.45) is 9.17. The SMILES string of the molecule is Fc1ccc(-c2cnc3nccc([C@H]4CCCN4c4ncccn4)n23)cc1. The zero-order valence-corrected chi connectivity index (χ0v) is 14.5. The van der Waals surface area contributed by atoms with Gasteiger partial charge in [0.2, 0.25) is 11.7 Å². The Kier molecular flexibility index (Phi) is 3.78. The molecule has 3 aromatic heterocycles. The van der Waals surface area contributed by atoms with Crippen molar-refractivity contribution < 1.29 is 4.39 Å². The van der Waals surface area contributed by atoms with Crippen molar-refractivity contribution in [3.63, 3.8) is 0 Å². The van der Waals surface area contributed by atoms with Gasteiger partial charge >= 0.3 is 0 Å². The standard InChI is InChI=1S/C20H17FN6/c21-15-6-4-14(5-7-15)18-13-25-20-24-11-8-17(27(18)20)16-3-1-12-26(16)19-22-9-2-10-23-19/h2,4-11,13,16H,1,3,12H2/t16-/m1/s1. The largest absolute Gasteiger partial charge is 0.332 e. The number of nitrogens with zero attached hydrogens (tertiary/aromatic N) is 6. The molecule has 0 unspecified atom stereocenters. The summed E-state index contributed by atoms with van der Waals surface area (Å²) in [4.78, 5) is 19.9. The molecule has 4 heterocycles. The van der Waals surface area contributed by atoms with Gasteiger partial charge in [-0.3, -0.25) is 4.40 Å². The number of hydrogen-bond donors (Lipinski definition) is 0. The average molecular weight is 360 g/mol. The molecule has 0 radical (unpaired) electrons. The average Bonchev–Trinajstić information content (AvgIpc) is 3.36. The van der Waals surface area contributed by atoms with Crippen LogP contribution in [0.2, 0.25) is 0 Å². The summed E-state index contributed by atoms with van der Waals surface area (Å²) in [5.74, 6) is 1.11. The lowest BCUT2D eigenvalue weighted by atomic mass is 10.1. The third kappa shape index (κ3) is 2.71. The molecule has 0 saturated carbocycles. The van der Waals surface area contributed by atoms with Crippen LogP contribution in [0.5, 0.6) is 0 Å². The first-order valence-corrected chi connectivity index (χ1v) is 8.93. The molecule has 0 bridgehead atoms. The molecular formula is C20H17FN6. The molecule has 134 valence electrons. The van der Waals surface area contributed by atoms with Crippen LogP contribution in [0.25, 0.3) is 17.0 Å². The first kappa shape index (κ1) is 15.9. The molecule has 1 aromatic carbocycles. The highest BCUT2D eigenvalue weighted by atomic mass is 19.1. The summed E-state index contributed by atoms with van der Waals surface area (Å²) in [5, 5.41) is 0. The van der Waals surface area contributed by atoms with Gasteiger partial charge in [-0.1, -0.05) is 0 Å². The van der Waals surface area contributed by atoms with Crippen LogP contribution in [-0.4, -0.2) is 30.9 Å². The van der Waals surface area contributed by atoms with Crippen molar-refractivity contribution in [2.45, 2.75) is 18.9 Å². The third-order valence-electron chi connectivity index (χ3n) is 4.98. The Morgan fingerprint density at radius 3 is 2.56 bits per heavy atom. The van der Waals surface area contributed by atoms with Crippen molar-refractivity contribution in [3.05, 3.63) is 72.7 Å². The van der Waals surface area contributed by atoms with Crippen molar-refractivity contribution >= 4 is 11.7 Å². The van der Waals surface area contributed by atoms with Gasteiger partial charge in [0.25, 0.3) is 0 Å². The molecule has 1 fully saturated rings. The topological polar surface area (TPSA) is 59.2 Å². The predicted molar refractivity (Wildman–Crippen MR) is 99.7 cm³/mol. The second-order valence-electron chi connectivity index (χ2n) is 6.56. The Morgan fingerprint density at radius 1 is 0.926 bits per heavy atom. The summed E-state index contributed by atoms with van der Waals surface area (Å²) < 4.78 is 15.4. The Bertz CT molecular complexity index is 1080. The van der Waals surface area contributed by atoms with E-state index in [1.165, 1.54) is 12.1 Å². The maximum Gasteiger partial charge on any atom is 0.234 e. The second-order valence-corrected chi connectivity index (χ2v) is 6.56. The third-order valence-corrected chi connectivity index (χ3v) is 4.98. The van der Waals surface area contributed by atoms with Gasteiger partial charge in [-0.15, -0.1) is 0 Å². The minimum atomic E-state index is -0.255. The Labute approximate surface area is 155 Å². The molecule has 7 heteroatoms. The van der Waals surface area contributed by atoms with Crippen LogP contribution < -0.4 is 4.90 Å². The van der Waals surface area contributed by atoms with Gasteiger partial charge in [-0.05, 0) is 49.2 Å². The van der Waals surface area contributed by atoms with Crippen molar-refractivity contribution in [3.8, 4) is 11.3 Å². The number of rotatable bonds is 3. The molecule has 0 amide bonds. The Balaban J connectivity index is 1.65. The molecular weight excluding hydrogens is 343 g/mol. The summed E-state index contributed by atoms with van der Waals surface area (Å²) in [6.45, 7) is 0.902. The summed E-state index contributed by atoms with van der Waals surface area (Å²) in [5.41, 5.74) is 2.88. The lowest BCUT2D eigenvalue weighted by Gasteiger charge is -2.25. The van der Waals surface area contributed by atoms with E-state index in [9.17, 15) is 4.39 Å². The van der Waals surface area contributed by atoms with Gasteiger partial charge in [0, 0.05) is 30.7 Å². The first-order chi connectivity index (χ1) is 13.3. The molecule has 1 atom stereocenters. The van der Waals surface area contributed by atoms with E-state index in [1.54, 1.807) is 36.9 Å². The van der Waals surface area contributed by atoms with Crippen molar-refractivity contribution in [2.75, 3.05) is 11.4 Å². The molecule has 0 spiro atoms. The van der Waals surface area contributed by atoms with Crippen LogP contribution in [0.4, 0.5) is 10.3 Å². The number of halogens is 1. The van der Waals surface area contributed by atoms with Gasteiger partial charge in [0.15, 0.2) is 0 Å². The van der Waals surface area contributed by atoms with E-state index in [2.05, 4.69) is 29.2 Å². The van der Waals surface area contributed by atoms with Gasteiger partial charge in [-0.2, -0.15) is 0 Å². The van der Waals surface area contributed by atoms with Crippen LogP contribution >= 0.6 is 0 Å². The first-order valence-electron chi connectivity index (χ1n) is 8.93. The van der Waals surface area contributed by atoms with Crippen LogP contribution in [0.15, 0.2) is 61.2 Å². The fourth-order valence-electron chi connectivity index (χ4n) is 3.78. The zero-order chi connectivity index (χ0) is 18.2. The smallest absolute Gasteiger partial charge is 0.234 e. The Morgan fingerprint density at radius 2 is 1.74 bits per heavy atom. The Hall–Kier alpha value is -3.35. The number of anilines is 1. The van der Waals surface area contributed by atoms with E-state index in [1.807, 2.05) is 12.1 Å². The summed E-state index contributed by atoms with van der Waals surface area (Å²) >= 11 is 0. The fourth-order valence-corrected chi connectivity index (χ4v) is 3.78. The van der Waals surface area contributed by atoms with Gasteiger partial charge in [0.05, 0.1) is 23.6 Å². The molecule has 6 nitrogen and oxygen atoms in total. The van der Waals surface area contributed by atoms with E-state index >= 15 is 0 Å². The fraction of sp³-hybridized carbons (Fsp3) is 0.200. The zero-order valence-electron chi connectivity index (χ0n) is 14.5. The van der Waals surface area contributed by atoms with Crippen molar-refractivity contribution in [1.82, 2.24) is 24.3 Å². The highest BCUT2D eigenvalue weighted by molar-refractivity contribution is 5.63.